The first-order valence-electron chi connectivity index (χ1n) is 18.3. The Morgan fingerprint density at radius 3 is 2.13 bits per heavy atom. The SMILES string of the molecule is CCCCCC(NC(=O)[C@@H](NCCNC(=O)CCOCCNC(=O)CCN1C(=O)C=CC1=O)C(C)C)C(=O)Nc1ccc(COC(=O)N(C)CC)cc1. The van der Waals surface area contributed by atoms with Crippen LogP contribution >= 0.6 is 0 Å². The molecule has 2 atom stereocenters. The van der Waals surface area contributed by atoms with Gasteiger partial charge in [0.1, 0.15) is 12.6 Å². The maximum Gasteiger partial charge on any atom is 0.409 e. The van der Waals surface area contributed by atoms with Gasteiger partial charge in [0.05, 0.1) is 19.3 Å². The minimum Gasteiger partial charge on any atom is -0.445 e. The van der Waals surface area contributed by atoms with Gasteiger partial charge in [0.2, 0.25) is 23.6 Å². The van der Waals surface area contributed by atoms with Crippen molar-refractivity contribution in [1.29, 1.82) is 0 Å². The van der Waals surface area contributed by atoms with Crippen LogP contribution in [0.15, 0.2) is 36.4 Å². The number of imide groups is 1. The molecule has 1 aromatic carbocycles. The highest BCUT2D eigenvalue weighted by molar-refractivity contribution is 6.13. The number of ether oxygens (including phenoxy) is 2. The number of rotatable bonds is 25. The van der Waals surface area contributed by atoms with Crippen molar-refractivity contribution in [2.75, 3.05) is 58.3 Å². The highest BCUT2D eigenvalue weighted by atomic mass is 16.6. The first-order chi connectivity index (χ1) is 25.4. The lowest BCUT2D eigenvalue weighted by molar-refractivity contribution is -0.137. The Morgan fingerprint density at radius 1 is 0.830 bits per heavy atom. The van der Waals surface area contributed by atoms with Gasteiger partial charge in [0, 0.05) is 70.5 Å². The van der Waals surface area contributed by atoms with E-state index in [2.05, 4.69) is 33.5 Å². The predicted molar refractivity (Wildman–Crippen MR) is 198 cm³/mol. The van der Waals surface area contributed by atoms with E-state index in [1.807, 2.05) is 20.8 Å². The lowest BCUT2D eigenvalue weighted by atomic mass is 10.0. The van der Waals surface area contributed by atoms with E-state index >= 15 is 0 Å². The number of nitrogens with one attached hydrogen (secondary N) is 5. The molecule has 0 saturated heterocycles. The van der Waals surface area contributed by atoms with Crippen molar-refractivity contribution in [3.63, 3.8) is 0 Å². The van der Waals surface area contributed by atoms with Gasteiger partial charge in [-0.25, -0.2) is 4.79 Å². The molecule has 294 valence electrons. The summed E-state index contributed by atoms with van der Waals surface area (Å²) in [7, 11) is 1.66. The first-order valence-corrected chi connectivity index (χ1v) is 18.3. The number of amides is 7. The zero-order valence-corrected chi connectivity index (χ0v) is 31.7. The molecule has 0 bridgehead atoms. The van der Waals surface area contributed by atoms with Crippen molar-refractivity contribution in [1.82, 2.24) is 31.1 Å². The molecule has 0 aromatic heterocycles. The highest BCUT2D eigenvalue weighted by Crippen LogP contribution is 2.14. The van der Waals surface area contributed by atoms with Gasteiger partial charge in [-0.2, -0.15) is 0 Å². The molecule has 0 fully saturated rings. The van der Waals surface area contributed by atoms with Crippen LogP contribution in [0.3, 0.4) is 0 Å². The van der Waals surface area contributed by atoms with E-state index in [-0.39, 0.29) is 81.8 Å². The van der Waals surface area contributed by atoms with Gasteiger partial charge in [0.15, 0.2) is 0 Å². The molecular formula is C37H57N7O9. The van der Waals surface area contributed by atoms with E-state index in [0.717, 1.165) is 29.7 Å². The summed E-state index contributed by atoms with van der Waals surface area (Å²) in [5.41, 5.74) is 1.32. The maximum atomic E-state index is 13.4. The van der Waals surface area contributed by atoms with Gasteiger partial charge < -0.3 is 41.0 Å². The number of hydrogen-bond acceptors (Lipinski definition) is 10. The zero-order valence-electron chi connectivity index (χ0n) is 31.7. The number of nitrogens with zero attached hydrogens (tertiary/aromatic N) is 2. The highest BCUT2D eigenvalue weighted by Gasteiger charge is 2.27. The van der Waals surface area contributed by atoms with Crippen LogP contribution in [0.4, 0.5) is 10.5 Å². The van der Waals surface area contributed by atoms with Gasteiger partial charge in [-0.1, -0.05) is 52.2 Å². The van der Waals surface area contributed by atoms with Gasteiger partial charge in [-0.15, -0.1) is 0 Å². The van der Waals surface area contributed by atoms with Crippen LogP contribution in [0, 0.1) is 5.92 Å². The topological polar surface area (TPSA) is 205 Å². The van der Waals surface area contributed by atoms with Gasteiger partial charge in [0.25, 0.3) is 11.8 Å². The molecule has 16 heteroatoms. The van der Waals surface area contributed by atoms with Crippen LogP contribution in [0.1, 0.15) is 71.8 Å². The summed E-state index contributed by atoms with van der Waals surface area (Å²) in [5.74, 6) is -2.17. The van der Waals surface area contributed by atoms with Crippen LogP contribution in [0.5, 0.6) is 0 Å². The smallest absolute Gasteiger partial charge is 0.409 e. The van der Waals surface area contributed by atoms with Crippen molar-refractivity contribution in [2.24, 2.45) is 5.92 Å². The van der Waals surface area contributed by atoms with Crippen LogP contribution in [-0.4, -0.2) is 116 Å². The molecule has 0 aliphatic carbocycles. The molecule has 5 N–H and O–H groups in total. The number of hydrogen-bond donors (Lipinski definition) is 5. The van der Waals surface area contributed by atoms with Crippen molar-refractivity contribution in [3.05, 3.63) is 42.0 Å². The largest absolute Gasteiger partial charge is 0.445 e. The van der Waals surface area contributed by atoms with Crippen LogP contribution < -0.4 is 26.6 Å². The van der Waals surface area contributed by atoms with Crippen molar-refractivity contribution >= 4 is 47.2 Å². The Morgan fingerprint density at radius 2 is 1.49 bits per heavy atom. The normalized spacial score (nSPS) is 13.4. The van der Waals surface area contributed by atoms with E-state index < -0.39 is 30.0 Å². The van der Waals surface area contributed by atoms with Crippen molar-refractivity contribution in [3.8, 4) is 0 Å². The van der Waals surface area contributed by atoms with E-state index in [1.54, 1.807) is 31.3 Å². The standard InChI is InChI=1S/C37H57N7O9/c1-6-8-9-10-29(35(49)41-28-13-11-27(12-14-28)25-53-37(51)43(5)7-2)42-36(50)34(26(3)4)40-20-19-38-31(46)18-23-52-24-21-39-30(45)17-22-44-32(47)15-16-33(44)48/h11-16,26,29,34,40H,6-10,17-25H2,1-5H3,(H,38,46)(H,39,45)(H,41,49)(H,42,50)/t29?,34-/m0/s1. The Labute approximate surface area is 312 Å². The fourth-order valence-corrected chi connectivity index (χ4v) is 5.06. The minimum absolute atomic E-state index is 0.00292. The molecule has 0 saturated carbocycles. The Hall–Kier alpha value is -4.83. The Balaban J connectivity index is 1.72. The molecule has 2 rings (SSSR count). The van der Waals surface area contributed by atoms with Crippen LogP contribution in [0.25, 0.3) is 0 Å². The monoisotopic (exact) mass is 743 g/mol. The maximum absolute atomic E-state index is 13.4. The number of carbonyl (C=O) groups excluding carboxylic acids is 7. The zero-order chi connectivity index (χ0) is 39.2. The summed E-state index contributed by atoms with van der Waals surface area (Å²) in [6.45, 7) is 9.50. The van der Waals surface area contributed by atoms with E-state index in [4.69, 9.17) is 9.47 Å². The molecule has 0 radical (unpaired) electrons. The molecule has 1 aliphatic rings. The predicted octanol–water partition coefficient (Wildman–Crippen LogP) is 1.85. The second-order valence-corrected chi connectivity index (χ2v) is 13.0. The molecule has 1 unspecified atom stereocenters. The second kappa shape index (κ2) is 24.4. The summed E-state index contributed by atoms with van der Waals surface area (Å²) < 4.78 is 10.7. The van der Waals surface area contributed by atoms with Crippen molar-refractivity contribution in [2.45, 2.75) is 84.9 Å². The van der Waals surface area contributed by atoms with Crippen LogP contribution in [0.2, 0.25) is 0 Å². The summed E-state index contributed by atoms with van der Waals surface area (Å²) in [4.78, 5) is 88.3. The molecular weight excluding hydrogens is 686 g/mol. The summed E-state index contributed by atoms with van der Waals surface area (Å²) >= 11 is 0. The fourth-order valence-electron chi connectivity index (χ4n) is 5.06. The van der Waals surface area contributed by atoms with Gasteiger partial charge in [-0.3, -0.25) is 33.7 Å². The quantitative estimate of drug-likeness (QED) is 0.0726. The minimum atomic E-state index is -0.751. The number of anilines is 1. The van der Waals surface area contributed by atoms with E-state index in [9.17, 15) is 33.6 Å². The molecule has 53 heavy (non-hydrogen) atoms. The summed E-state index contributed by atoms with van der Waals surface area (Å²) in [6, 6.07) is 5.62. The summed E-state index contributed by atoms with van der Waals surface area (Å²) in [6.07, 6.45) is 5.12. The number of carbonyl (C=O) groups is 7. The molecule has 1 heterocycles. The third-order valence-corrected chi connectivity index (χ3v) is 8.36. The average Bonchev–Trinajstić information content (AvgIpc) is 3.46. The Kier molecular flexibility index (Phi) is 20.4. The summed E-state index contributed by atoms with van der Waals surface area (Å²) in [5, 5.41) is 14.4. The lowest BCUT2D eigenvalue weighted by Gasteiger charge is -2.25. The third-order valence-electron chi connectivity index (χ3n) is 8.36. The molecule has 1 aliphatic heterocycles. The molecule has 16 nitrogen and oxygen atoms in total. The average molecular weight is 744 g/mol. The van der Waals surface area contributed by atoms with E-state index in [1.165, 1.54) is 17.1 Å². The van der Waals surface area contributed by atoms with Gasteiger partial charge in [-0.05, 0) is 37.0 Å². The molecule has 7 amide bonds. The Bertz CT molecular complexity index is 1380. The molecule has 0 spiro atoms. The number of benzene rings is 1. The lowest BCUT2D eigenvalue weighted by Crippen LogP contribution is -2.54. The van der Waals surface area contributed by atoms with Gasteiger partial charge >= 0.3 is 6.09 Å². The van der Waals surface area contributed by atoms with E-state index in [0.29, 0.717) is 25.2 Å². The van der Waals surface area contributed by atoms with Crippen molar-refractivity contribution < 1.29 is 43.0 Å². The number of unbranched alkanes of at least 4 members (excludes halogenated alkanes) is 2. The van der Waals surface area contributed by atoms with Crippen LogP contribution in [-0.2, 0) is 44.8 Å². The third kappa shape index (κ3) is 17.0. The fraction of sp³-hybridized carbons (Fsp3) is 0.595. The second-order valence-electron chi connectivity index (χ2n) is 13.0. The molecule has 1 aromatic rings. The first kappa shape index (κ1) is 44.3.